The van der Waals surface area contributed by atoms with Gasteiger partial charge in [0.2, 0.25) is 0 Å². The van der Waals surface area contributed by atoms with Gasteiger partial charge in [0.15, 0.2) is 0 Å². The second kappa shape index (κ2) is 5.20. The summed E-state index contributed by atoms with van der Waals surface area (Å²) in [6.45, 7) is 5.46. The summed E-state index contributed by atoms with van der Waals surface area (Å²) in [6.07, 6.45) is 1.60. The summed E-state index contributed by atoms with van der Waals surface area (Å²) >= 11 is 0. The quantitative estimate of drug-likeness (QED) is 0.851. The zero-order valence-corrected chi connectivity index (χ0v) is 12.1. The fraction of sp³-hybridized carbons (Fsp3) is 0.400. The van der Waals surface area contributed by atoms with Crippen LogP contribution in [0.2, 0.25) is 0 Å². The van der Waals surface area contributed by atoms with Gasteiger partial charge in [0, 0.05) is 31.3 Å². The molecule has 0 unspecified atom stereocenters. The first-order chi connectivity index (χ1) is 10.0. The van der Waals surface area contributed by atoms with Crippen molar-refractivity contribution in [1.82, 2.24) is 14.7 Å². The molecule has 1 amide bonds. The zero-order chi connectivity index (χ0) is 15.0. The second-order valence-electron chi connectivity index (χ2n) is 5.45. The molecule has 0 spiro atoms. The molecule has 21 heavy (non-hydrogen) atoms. The zero-order valence-electron chi connectivity index (χ0n) is 12.1. The molecule has 2 aromatic rings. The normalized spacial score (nSPS) is 15.0. The molecular weight excluding hydrogens is 270 g/mol. The van der Waals surface area contributed by atoms with E-state index < -0.39 is 0 Å². The van der Waals surface area contributed by atoms with E-state index in [4.69, 9.17) is 4.42 Å². The number of aryl methyl sites for hydroxylation is 2. The van der Waals surface area contributed by atoms with Crippen molar-refractivity contribution in [3.8, 4) is 0 Å². The van der Waals surface area contributed by atoms with Gasteiger partial charge in [-0.05, 0) is 26.0 Å². The molecule has 110 valence electrons. The molecule has 1 aliphatic heterocycles. The van der Waals surface area contributed by atoms with Crippen molar-refractivity contribution in [3.63, 3.8) is 0 Å². The van der Waals surface area contributed by atoms with Crippen molar-refractivity contribution < 1.29 is 9.21 Å². The Morgan fingerprint density at radius 2 is 2.19 bits per heavy atom. The van der Waals surface area contributed by atoms with Crippen molar-refractivity contribution in [2.24, 2.45) is 5.92 Å². The lowest BCUT2D eigenvalue weighted by Gasteiger charge is -2.39. The van der Waals surface area contributed by atoms with Gasteiger partial charge in [0.1, 0.15) is 11.5 Å². The molecule has 1 aliphatic rings. The lowest BCUT2D eigenvalue weighted by molar-refractivity contribution is 0.0456. The monoisotopic (exact) mass is 287 g/mol. The molecule has 1 fully saturated rings. The number of nitrogens with zero attached hydrogens (tertiary/aromatic N) is 3. The number of hydrogen-bond acceptors (Lipinski definition) is 4. The highest BCUT2D eigenvalue weighted by Crippen LogP contribution is 2.22. The van der Waals surface area contributed by atoms with Gasteiger partial charge < -0.3 is 9.32 Å². The number of furan rings is 1. The molecule has 1 saturated heterocycles. The Morgan fingerprint density at radius 1 is 1.43 bits per heavy atom. The fourth-order valence-electron chi connectivity index (χ4n) is 2.63. The van der Waals surface area contributed by atoms with Crippen molar-refractivity contribution in [1.29, 1.82) is 0 Å². The summed E-state index contributed by atoms with van der Waals surface area (Å²) in [5.41, 5.74) is 0.518. The van der Waals surface area contributed by atoms with E-state index in [9.17, 15) is 9.59 Å². The molecule has 3 rings (SSSR count). The first kappa shape index (κ1) is 13.6. The Balaban J connectivity index is 1.61. The molecule has 6 nitrogen and oxygen atoms in total. The standard InChI is InChI=1S/C15H17N3O3/c1-10-6-13(11(2)21-10)15(20)17-7-12(8-17)9-18-14(19)4-3-5-16-18/h3-6,12H,7-9H2,1-2H3. The van der Waals surface area contributed by atoms with Crippen LogP contribution in [0.5, 0.6) is 0 Å². The van der Waals surface area contributed by atoms with E-state index in [2.05, 4.69) is 5.10 Å². The number of carbonyl (C=O) groups excluding carboxylic acids is 1. The second-order valence-corrected chi connectivity index (χ2v) is 5.45. The summed E-state index contributed by atoms with van der Waals surface area (Å²) in [4.78, 5) is 25.7. The third-order valence-electron chi connectivity index (χ3n) is 3.73. The molecule has 0 N–H and O–H groups in total. The largest absolute Gasteiger partial charge is 0.466 e. The van der Waals surface area contributed by atoms with E-state index in [0.29, 0.717) is 31.0 Å². The van der Waals surface area contributed by atoms with Crippen molar-refractivity contribution >= 4 is 5.91 Å². The van der Waals surface area contributed by atoms with Gasteiger partial charge in [0.25, 0.3) is 11.5 Å². The lowest BCUT2D eigenvalue weighted by Crippen LogP contribution is -2.52. The van der Waals surface area contributed by atoms with E-state index in [1.807, 2.05) is 6.92 Å². The predicted octanol–water partition coefficient (Wildman–Crippen LogP) is 1.23. The molecule has 0 radical (unpaired) electrons. The maximum atomic E-state index is 12.3. The third kappa shape index (κ3) is 2.61. The highest BCUT2D eigenvalue weighted by molar-refractivity contribution is 5.95. The number of amides is 1. The smallest absolute Gasteiger partial charge is 0.266 e. The van der Waals surface area contributed by atoms with Gasteiger partial charge in [-0.1, -0.05) is 0 Å². The van der Waals surface area contributed by atoms with E-state index in [0.717, 1.165) is 5.76 Å². The Morgan fingerprint density at radius 3 is 2.81 bits per heavy atom. The maximum absolute atomic E-state index is 12.3. The Kier molecular flexibility index (Phi) is 3.37. The van der Waals surface area contributed by atoms with E-state index >= 15 is 0 Å². The lowest BCUT2D eigenvalue weighted by atomic mass is 9.99. The van der Waals surface area contributed by atoms with Crippen LogP contribution in [-0.4, -0.2) is 33.7 Å². The van der Waals surface area contributed by atoms with Crippen molar-refractivity contribution in [3.05, 3.63) is 51.8 Å². The number of carbonyl (C=O) groups is 1. The molecule has 0 aliphatic carbocycles. The molecule has 0 bridgehead atoms. The third-order valence-corrected chi connectivity index (χ3v) is 3.73. The van der Waals surface area contributed by atoms with E-state index in [1.54, 1.807) is 30.2 Å². The Hall–Kier alpha value is -2.37. The average Bonchev–Trinajstić information content (AvgIpc) is 2.74. The van der Waals surface area contributed by atoms with E-state index in [-0.39, 0.29) is 17.4 Å². The van der Waals surface area contributed by atoms with Crippen LogP contribution < -0.4 is 5.56 Å². The summed E-state index contributed by atoms with van der Waals surface area (Å²) in [5, 5.41) is 4.03. The minimum absolute atomic E-state index is 0.00559. The molecule has 0 atom stereocenters. The summed E-state index contributed by atoms with van der Waals surface area (Å²) in [5.74, 6) is 1.67. The van der Waals surface area contributed by atoms with E-state index in [1.165, 1.54) is 10.7 Å². The van der Waals surface area contributed by atoms with Crippen LogP contribution in [0.25, 0.3) is 0 Å². The number of aromatic nitrogens is 2. The number of likely N-dealkylation sites (tertiary alicyclic amines) is 1. The van der Waals surface area contributed by atoms with Crippen LogP contribution in [-0.2, 0) is 6.54 Å². The minimum Gasteiger partial charge on any atom is -0.466 e. The van der Waals surface area contributed by atoms with Crippen LogP contribution in [0.1, 0.15) is 21.9 Å². The van der Waals surface area contributed by atoms with Crippen LogP contribution >= 0.6 is 0 Å². The van der Waals surface area contributed by atoms with Crippen molar-refractivity contribution in [2.75, 3.05) is 13.1 Å². The molecular formula is C15H17N3O3. The molecule has 0 aromatic carbocycles. The van der Waals surface area contributed by atoms with Gasteiger partial charge >= 0.3 is 0 Å². The summed E-state index contributed by atoms with van der Waals surface area (Å²) in [7, 11) is 0. The highest BCUT2D eigenvalue weighted by atomic mass is 16.3. The minimum atomic E-state index is -0.108. The van der Waals surface area contributed by atoms with Crippen LogP contribution in [0.15, 0.2) is 33.6 Å². The molecule has 2 aromatic heterocycles. The fourth-order valence-corrected chi connectivity index (χ4v) is 2.63. The number of rotatable bonds is 3. The van der Waals surface area contributed by atoms with Crippen LogP contribution in [0.4, 0.5) is 0 Å². The first-order valence-corrected chi connectivity index (χ1v) is 6.93. The van der Waals surface area contributed by atoms with Gasteiger partial charge in [0.05, 0.1) is 12.1 Å². The van der Waals surface area contributed by atoms with Crippen LogP contribution in [0.3, 0.4) is 0 Å². The van der Waals surface area contributed by atoms with Gasteiger partial charge in [-0.2, -0.15) is 5.10 Å². The molecule has 3 heterocycles. The molecule has 0 saturated carbocycles. The maximum Gasteiger partial charge on any atom is 0.266 e. The van der Waals surface area contributed by atoms with Gasteiger partial charge in [-0.15, -0.1) is 0 Å². The Labute approximate surface area is 122 Å². The highest BCUT2D eigenvalue weighted by Gasteiger charge is 2.33. The van der Waals surface area contributed by atoms with Crippen LogP contribution in [0, 0.1) is 19.8 Å². The topological polar surface area (TPSA) is 68.3 Å². The van der Waals surface area contributed by atoms with Gasteiger partial charge in [-0.3, -0.25) is 9.59 Å². The summed E-state index contributed by atoms with van der Waals surface area (Å²) < 4.78 is 6.83. The van der Waals surface area contributed by atoms with Crippen molar-refractivity contribution in [2.45, 2.75) is 20.4 Å². The average molecular weight is 287 g/mol. The predicted molar refractivity (Wildman–Crippen MR) is 76.1 cm³/mol. The SMILES string of the molecule is Cc1cc(C(=O)N2CC(Cn3ncccc3=O)C2)c(C)o1. The Bertz CT molecular complexity index is 726. The van der Waals surface area contributed by atoms with Gasteiger partial charge in [-0.25, -0.2) is 4.68 Å². The first-order valence-electron chi connectivity index (χ1n) is 6.93. The number of hydrogen-bond donors (Lipinski definition) is 0. The molecule has 6 heteroatoms. The summed E-state index contributed by atoms with van der Waals surface area (Å²) in [6, 6.07) is 4.89.